The Labute approximate surface area is 191 Å². The van der Waals surface area contributed by atoms with Crippen molar-refractivity contribution in [2.45, 2.75) is 19.0 Å². The van der Waals surface area contributed by atoms with E-state index in [4.69, 9.17) is 9.72 Å². The van der Waals surface area contributed by atoms with Crippen molar-refractivity contribution in [3.8, 4) is 16.3 Å². The van der Waals surface area contributed by atoms with Gasteiger partial charge in [0.1, 0.15) is 16.8 Å². The number of halogens is 1. The zero-order valence-electron chi connectivity index (χ0n) is 16.8. The maximum atomic E-state index is 12.3. The fraction of sp³-hybridized carbons (Fsp3) is 0.217. The van der Waals surface area contributed by atoms with Crippen LogP contribution in [-0.4, -0.2) is 39.6 Å². The molecule has 2 aromatic heterocycles. The van der Waals surface area contributed by atoms with Gasteiger partial charge in [-0.3, -0.25) is 9.69 Å². The van der Waals surface area contributed by atoms with Crippen LogP contribution in [0.4, 0.5) is 0 Å². The highest BCUT2D eigenvalue weighted by Gasteiger charge is 2.33. The maximum absolute atomic E-state index is 12.3. The Kier molecular flexibility index (Phi) is 5.29. The van der Waals surface area contributed by atoms with Crippen molar-refractivity contribution in [2.24, 2.45) is 0 Å². The van der Waals surface area contributed by atoms with Crippen LogP contribution in [0.1, 0.15) is 22.2 Å². The van der Waals surface area contributed by atoms with E-state index in [0.29, 0.717) is 13.1 Å². The number of hydrogen-bond donors (Lipinski definition) is 2. The Morgan fingerprint density at radius 1 is 1.29 bits per heavy atom. The normalized spacial score (nSPS) is 15.0. The van der Waals surface area contributed by atoms with Crippen molar-refractivity contribution < 1.29 is 14.6 Å². The number of hydrogen-bond acceptors (Lipinski definition) is 5. The number of H-pyrrole nitrogens is 1. The molecule has 158 valence electrons. The van der Waals surface area contributed by atoms with Crippen molar-refractivity contribution >= 4 is 44.1 Å². The van der Waals surface area contributed by atoms with E-state index < -0.39 is 12.0 Å². The zero-order valence-corrected chi connectivity index (χ0v) is 19.2. The molecule has 1 unspecified atom stereocenters. The third-order valence-corrected chi connectivity index (χ3v) is 7.29. The van der Waals surface area contributed by atoms with Crippen LogP contribution in [0.2, 0.25) is 0 Å². The molecule has 0 aliphatic carbocycles. The number of aromatic nitrogens is 2. The molecule has 0 saturated heterocycles. The highest BCUT2D eigenvalue weighted by Crippen LogP contribution is 2.37. The van der Waals surface area contributed by atoms with Crippen LogP contribution in [0, 0.1) is 0 Å². The number of carboxylic acids is 1. The SMILES string of the molecule is COc1ccc(-c2nc3c(s2)CN(C(C(=O)O)c2c[nH]c4ccc(Br)cc24)CC3)cc1. The van der Waals surface area contributed by atoms with Crippen LogP contribution < -0.4 is 4.74 Å². The molecule has 0 saturated carbocycles. The molecule has 0 spiro atoms. The van der Waals surface area contributed by atoms with Gasteiger partial charge in [0.25, 0.3) is 0 Å². The Hall–Kier alpha value is -2.68. The number of thiazole rings is 1. The quantitative estimate of drug-likeness (QED) is 0.393. The average Bonchev–Trinajstić information content (AvgIpc) is 3.38. The smallest absolute Gasteiger partial charge is 0.325 e. The summed E-state index contributed by atoms with van der Waals surface area (Å²) in [6.45, 7) is 1.22. The van der Waals surface area contributed by atoms with E-state index in [-0.39, 0.29) is 0 Å². The van der Waals surface area contributed by atoms with Gasteiger partial charge < -0.3 is 14.8 Å². The van der Waals surface area contributed by atoms with Gasteiger partial charge in [0.05, 0.1) is 12.8 Å². The van der Waals surface area contributed by atoms with E-state index in [2.05, 4.69) is 20.9 Å². The van der Waals surface area contributed by atoms with E-state index in [1.807, 2.05) is 53.6 Å². The number of fused-ring (bicyclic) bond motifs is 2. The van der Waals surface area contributed by atoms with Crippen molar-refractivity contribution in [2.75, 3.05) is 13.7 Å². The topological polar surface area (TPSA) is 78.4 Å². The van der Waals surface area contributed by atoms with Crippen molar-refractivity contribution in [1.82, 2.24) is 14.9 Å². The largest absolute Gasteiger partial charge is 0.497 e. The predicted octanol–water partition coefficient (Wildman–Crippen LogP) is 5.25. The number of methoxy groups -OCH3 is 1. The van der Waals surface area contributed by atoms with Gasteiger partial charge in [0.15, 0.2) is 0 Å². The van der Waals surface area contributed by atoms with E-state index >= 15 is 0 Å². The van der Waals surface area contributed by atoms with Crippen LogP contribution in [0.15, 0.2) is 53.1 Å². The number of carbonyl (C=O) groups is 1. The first-order valence-electron chi connectivity index (χ1n) is 9.90. The summed E-state index contributed by atoms with van der Waals surface area (Å²) < 4.78 is 6.17. The monoisotopic (exact) mass is 497 g/mol. The van der Waals surface area contributed by atoms with Crippen LogP contribution in [0.3, 0.4) is 0 Å². The van der Waals surface area contributed by atoms with Crippen molar-refractivity contribution in [3.63, 3.8) is 0 Å². The summed E-state index contributed by atoms with van der Waals surface area (Å²) in [5, 5.41) is 12.0. The molecule has 1 atom stereocenters. The molecule has 0 amide bonds. The summed E-state index contributed by atoms with van der Waals surface area (Å²) in [6, 6.07) is 13.0. The molecule has 6 nitrogen and oxygen atoms in total. The predicted molar refractivity (Wildman–Crippen MR) is 125 cm³/mol. The summed E-state index contributed by atoms with van der Waals surface area (Å²) in [7, 11) is 1.65. The van der Waals surface area contributed by atoms with E-state index in [1.54, 1.807) is 18.4 Å². The van der Waals surface area contributed by atoms with Gasteiger partial charge in [-0.15, -0.1) is 11.3 Å². The molecule has 1 aliphatic rings. The molecular weight excluding hydrogens is 478 g/mol. The standard InChI is InChI=1S/C23H20BrN3O3S/c1-30-15-5-2-13(3-6-15)22-26-19-8-9-27(12-20(19)31-22)21(23(28)29)17-11-25-18-7-4-14(24)10-16(17)18/h2-7,10-11,21,25H,8-9,12H2,1H3,(H,28,29). The van der Waals surface area contributed by atoms with Gasteiger partial charge in [-0.25, -0.2) is 4.98 Å². The summed E-state index contributed by atoms with van der Waals surface area (Å²) in [5.41, 5.74) is 3.83. The number of rotatable bonds is 5. The lowest BCUT2D eigenvalue weighted by atomic mass is 10.0. The molecule has 4 aromatic rings. The molecule has 0 bridgehead atoms. The molecule has 2 aromatic carbocycles. The first-order valence-corrected chi connectivity index (χ1v) is 11.5. The number of ether oxygens (including phenoxy) is 1. The van der Waals surface area contributed by atoms with E-state index in [1.165, 1.54) is 0 Å². The van der Waals surface area contributed by atoms with Crippen molar-refractivity contribution in [3.05, 3.63) is 69.3 Å². The molecule has 5 rings (SSSR count). The fourth-order valence-corrected chi connectivity index (χ4v) is 5.62. The van der Waals surface area contributed by atoms with Gasteiger partial charge in [-0.05, 0) is 42.5 Å². The second-order valence-electron chi connectivity index (χ2n) is 7.51. The Morgan fingerprint density at radius 2 is 2.10 bits per heavy atom. The maximum Gasteiger partial charge on any atom is 0.325 e. The second kappa shape index (κ2) is 8.11. The van der Waals surface area contributed by atoms with E-state index in [9.17, 15) is 9.90 Å². The lowest BCUT2D eigenvalue weighted by molar-refractivity contribution is -0.144. The molecule has 1 aliphatic heterocycles. The number of carboxylic acid groups (broad SMARTS) is 1. The summed E-state index contributed by atoms with van der Waals surface area (Å²) in [6.07, 6.45) is 2.55. The van der Waals surface area contributed by atoms with Gasteiger partial charge in [0, 0.05) is 57.1 Å². The summed E-state index contributed by atoms with van der Waals surface area (Å²) >= 11 is 5.14. The lowest BCUT2D eigenvalue weighted by Gasteiger charge is -2.31. The third-order valence-electron chi connectivity index (χ3n) is 5.67. The van der Waals surface area contributed by atoms with Gasteiger partial charge in [-0.2, -0.15) is 0 Å². The highest BCUT2D eigenvalue weighted by molar-refractivity contribution is 9.10. The molecule has 0 fully saturated rings. The molecule has 8 heteroatoms. The Bertz CT molecular complexity index is 1270. The molecule has 3 heterocycles. The molecule has 31 heavy (non-hydrogen) atoms. The number of aromatic amines is 1. The third kappa shape index (κ3) is 3.75. The first kappa shape index (κ1) is 20.2. The van der Waals surface area contributed by atoms with Gasteiger partial charge >= 0.3 is 5.97 Å². The molecule has 2 N–H and O–H groups in total. The number of nitrogens with zero attached hydrogens (tertiary/aromatic N) is 2. The van der Waals surface area contributed by atoms with Crippen LogP contribution in [0.25, 0.3) is 21.5 Å². The minimum atomic E-state index is -0.843. The second-order valence-corrected chi connectivity index (χ2v) is 9.51. The average molecular weight is 498 g/mol. The highest BCUT2D eigenvalue weighted by atomic mass is 79.9. The summed E-state index contributed by atoms with van der Waals surface area (Å²) in [4.78, 5) is 23.5. The number of nitrogens with one attached hydrogen (secondary N) is 1. The number of benzene rings is 2. The zero-order chi connectivity index (χ0) is 21.5. The minimum absolute atomic E-state index is 0.570. The molecular formula is C23H20BrN3O3S. The van der Waals surface area contributed by atoms with E-state index in [0.717, 1.165) is 54.3 Å². The first-order chi connectivity index (χ1) is 15.0. The van der Waals surface area contributed by atoms with Crippen LogP contribution in [-0.2, 0) is 17.8 Å². The van der Waals surface area contributed by atoms with Crippen molar-refractivity contribution in [1.29, 1.82) is 0 Å². The lowest BCUT2D eigenvalue weighted by Crippen LogP contribution is -2.37. The minimum Gasteiger partial charge on any atom is -0.497 e. The van der Waals surface area contributed by atoms with Crippen LogP contribution >= 0.6 is 27.3 Å². The fourth-order valence-electron chi connectivity index (χ4n) is 4.12. The number of aliphatic carboxylic acids is 1. The van der Waals surface area contributed by atoms with Crippen LogP contribution in [0.5, 0.6) is 5.75 Å². The van der Waals surface area contributed by atoms with Gasteiger partial charge in [-0.1, -0.05) is 15.9 Å². The summed E-state index contributed by atoms with van der Waals surface area (Å²) in [5.74, 6) is -0.0323. The Morgan fingerprint density at radius 3 is 2.84 bits per heavy atom. The molecule has 0 radical (unpaired) electrons. The van der Waals surface area contributed by atoms with Gasteiger partial charge in [0.2, 0.25) is 0 Å². The Balaban J connectivity index is 1.46.